The van der Waals surface area contributed by atoms with E-state index in [1.165, 1.54) is 70.6 Å². The summed E-state index contributed by atoms with van der Waals surface area (Å²) in [5.74, 6) is 3.01. The molecule has 0 aliphatic heterocycles. The number of rotatable bonds is 8. The van der Waals surface area contributed by atoms with Crippen LogP contribution in [0.1, 0.15) is 91.4 Å². The summed E-state index contributed by atoms with van der Waals surface area (Å²) in [7, 11) is 0. The molecule has 0 spiro atoms. The lowest BCUT2D eigenvalue weighted by Crippen LogP contribution is -2.37. The Hall–Kier alpha value is -0.300. The minimum atomic E-state index is 0.676. The second kappa shape index (κ2) is 7.72. The Balaban J connectivity index is 1.55. The molecule has 4 unspecified atom stereocenters. The van der Waals surface area contributed by atoms with Crippen molar-refractivity contribution >= 4 is 0 Å². The number of fused-ring (bicyclic) bond motifs is 3. The van der Waals surface area contributed by atoms with Gasteiger partial charge in [-0.3, -0.25) is 0 Å². The van der Waals surface area contributed by atoms with Crippen LogP contribution in [0.25, 0.3) is 0 Å². The lowest BCUT2D eigenvalue weighted by Gasteiger charge is -2.45. The second-order valence-corrected chi connectivity index (χ2v) is 8.58. The van der Waals surface area contributed by atoms with Gasteiger partial charge in [-0.15, -0.1) is 0 Å². The molecule has 3 aliphatic carbocycles. The van der Waals surface area contributed by atoms with Gasteiger partial charge < -0.3 is 4.74 Å². The van der Waals surface area contributed by atoms with Crippen LogP contribution in [0.3, 0.4) is 0 Å². The average molecular weight is 319 g/mol. The minimum Gasteiger partial charge on any atom is -0.382 e. The molecule has 1 nitrogen and oxygen atoms in total. The zero-order valence-corrected chi connectivity index (χ0v) is 15.8. The molecular weight excluding hydrogens is 280 g/mol. The van der Waals surface area contributed by atoms with Crippen molar-refractivity contribution in [2.24, 2.45) is 23.2 Å². The van der Waals surface area contributed by atoms with Gasteiger partial charge >= 0.3 is 0 Å². The summed E-state index contributed by atoms with van der Waals surface area (Å²) in [5.41, 5.74) is 4.50. The Morgan fingerprint density at radius 1 is 1.04 bits per heavy atom. The monoisotopic (exact) mass is 318 g/mol. The predicted molar refractivity (Wildman–Crippen MR) is 98.6 cm³/mol. The highest BCUT2D eigenvalue weighted by Crippen LogP contribution is 2.62. The molecule has 2 fully saturated rings. The maximum Gasteiger partial charge on any atom is 0.0465 e. The Morgan fingerprint density at radius 3 is 2.70 bits per heavy atom. The first-order chi connectivity index (χ1) is 11.2. The van der Waals surface area contributed by atoms with Crippen molar-refractivity contribution in [3.63, 3.8) is 0 Å². The molecule has 0 radical (unpaired) electrons. The van der Waals surface area contributed by atoms with Gasteiger partial charge in [0.15, 0.2) is 0 Å². The van der Waals surface area contributed by atoms with Gasteiger partial charge in [0, 0.05) is 13.2 Å². The highest BCUT2D eigenvalue weighted by Gasteiger charge is 2.52. The van der Waals surface area contributed by atoms with E-state index in [1.54, 1.807) is 0 Å². The van der Waals surface area contributed by atoms with E-state index in [0.717, 1.165) is 31.0 Å². The van der Waals surface area contributed by atoms with Gasteiger partial charge in [0.1, 0.15) is 0 Å². The van der Waals surface area contributed by atoms with Crippen LogP contribution in [0.15, 0.2) is 11.1 Å². The number of hydrogen-bond donors (Lipinski definition) is 0. The van der Waals surface area contributed by atoms with E-state index >= 15 is 0 Å². The van der Waals surface area contributed by atoms with Crippen molar-refractivity contribution in [1.29, 1.82) is 0 Å². The van der Waals surface area contributed by atoms with Gasteiger partial charge in [-0.1, -0.05) is 37.8 Å². The van der Waals surface area contributed by atoms with Crippen LogP contribution in [0.2, 0.25) is 0 Å². The van der Waals surface area contributed by atoms with Crippen molar-refractivity contribution in [3.05, 3.63) is 11.1 Å². The van der Waals surface area contributed by atoms with Gasteiger partial charge in [0.25, 0.3) is 0 Å². The molecule has 23 heavy (non-hydrogen) atoms. The van der Waals surface area contributed by atoms with Crippen molar-refractivity contribution in [2.75, 3.05) is 13.2 Å². The molecule has 2 saturated carbocycles. The average Bonchev–Trinajstić information content (AvgIpc) is 3.10. The van der Waals surface area contributed by atoms with E-state index in [0.29, 0.717) is 5.41 Å². The highest BCUT2D eigenvalue weighted by molar-refractivity contribution is 5.28. The number of allylic oxidation sites excluding steroid dienone is 2. The van der Waals surface area contributed by atoms with Crippen molar-refractivity contribution < 1.29 is 4.74 Å². The molecule has 3 aliphatic rings. The lowest BCUT2D eigenvalue weighted by atomic mass is 9.59. The Labute approximate surface area is 144 Å². The van der Waals surface area contributed by atoms with Gasteiger partial charge in [-0.05, 0) is 87.9 Å². The Kier molecular flexibility index (Phi) is 5.88. The first-order valence-electron chi connectivity index (χ1n) is 10.5. The standard InChI is InChI=1S/C22H38O/c1-4-18-11-13-21-20-12-10-17(9-7-6-8-16-23-5-2)19(20)14-15-22(18,21)3/h18,20-21H,4-16H2,1-3H3. The van der Waals surface area contributed by atoms with Gasteiger partial charge in [0.2, 0.25) is 0 Å². The zero-order chi connectivity index (χ0) is 16.3. The topological polar surface area (TPSA) is 9.23 Å². The first-order valence-corrected chi connectivity index (χ1v) is 10.5. The van der Waals surface area contributed by atoms with Crippen LogP contribution < -0.4 is 0 Å². The van der Waals surface area contributed by atoms with Gasteiger partial charge in [-0.2, -0.15) is 0 Å². The predicted octanol–water partition coefficient (Wildman–Crippen LogP) is 6.53. The van der Waals surface area contributed by atoms with Crippen molar-refractivity contribution in [1.82, 2.24) is 0 Å². The number of ether oxygens (including phenoxy) is 1. The van der Waals surface area contributed by atoms with E-state index in [9.17, 15) is 0 Å². The Morgan fingerprint density at radius 2 is 1.91 bits per heavy atom. The minimum absolute atomic E-state index is 0.676. The van der Waals surface area contributed by atoms with Crippen LogP contribution >= 0.6 is 0 Å². The molecule has 0 amide bonds. The fraction of sp³-hybridized carbons (Fsp3) is 0.909. The third kappa shape index (κ3) is 3.41. The third-order valence-electron chi connectivity index (χ3n) is 7.65. The van der Waals surface area contributed by atoms with E-state index in [-0.39, 0.29) is 0 Å². The zero-order valence-electron chi connectivity index (χ0n) is 15.8. The molecule has 0 aromatic carbocycles. The quantitative estimate of drug-likeness (QED) is 0.365. The molecule has 0 aromatic rings. The summed E-state index contributed by atoms with van der Waals surface area (Å²) in [6, 6.07) is 0. The third-order valence-corrected chi connectivity index (χ3v) is 7.65. The van der Waals surface area contributed by atoms with E-state index in [2.05, 4.69) is 20.8 Å². The number of hydrogen-bond acceptors (Lipinski definition) is 1. The fourth-order valence-corrected chi connectivity index (χ4v) is 6.35. The van der Waals surface area contributed by atoms with E-state index in [1.807, 2.05) is 11.1 Å². The molecule has 0 saturated heterocycles. The SMILES string of the molecule is CCOCCCCCC1=C2CCC3(C)C(CC)CCC3C2CC1. The molecule has 0 heterocycles. The van der Waals surface area contributed by atoms with E-state index in [4.69, 9.17) is 4.74 Å². The summed E-state index contributed by atoms with van der Waals surface area (Å²) < 4.78 is 5.46. The molecule has 0 aromatic heterocycles. The summed E-state index contributed by atoms with van der Waals surface area (Å²) in [5, 5.41) is 0. The summed E-state index contributed by atoms with van der Waals surface area (Å²) >= 11 is 0. The maximum atomic E-state index is 5.46. The largest absolute Gasteiger partial charge is 0.382 e. The second-order valence-electron chi connectivity index (χ2n) is 8.58. The van der Waals surface area contributed by atoms with Gasteiger partial charge in [0.05, 0.1) is 0 Å². The molecule has 3 rings (SSSR count). The first kappa shape index (κ1) is 17.5. The van der Waals surface area contributed by atoms with Crippen LogP contribution in [0, 0.1) is 23.2 Å². The summed E-state index contributed by atoms with van der Waals surface area (Å²) in [6.07, 6.45) is 15.6. The fourth-order valence-electron chi connectivity index (χ4n) is 6.35. The molecular formula is C22H38O. The van der Waals surface area contributed by atoms with Crippen LogP contribution in [0.5, 0.6) is 0 Å². The maximum absolute atomic E-state index is 5.46. The van der Waals surface area contributed by atoms with E-state index < -0.39 is 0 Å². The molecule has 132 valence electrons. The van der Waals surface area contributed by atoms with Crippen LogP contribution in [-0.4, -0.2) is 13.2 Å². The summed E-state index contributed by atoms with van der Waals surface area (Å²) in [4.78, 5) is 0. The molecule has 0 bridgehead atoms. The number of unbranched alkanes of at least 4 members (excludes halogenated alkanes) is 2. The summed E-state index contributed by atoms with van der Waals surface area (Å²) in [6.45, 7) is 8.99. The molecule has 1 heteroatoms. The lowest BCUT2D eigenvalue weighted by molar-refractivity contribution is 0.0811. The molecule has 0 N–H and O–H groups in total. The smallest absolute Gasteiger partial charge is 0.0465 e. The molecule has 4 atom stereocenters. The van der Waals surface area contributed by atoms with Crippen molar-refractivity contribution in [2.45, 2.75) is 91.4 Å². The van der Waals surface area contributed by atoms with Crippen LogP contribution in [0.4, 0.5) is 0 Å². The highest BCUT2D eigenvalue weighted by atomic mass is 16.5. The van der Waals surface area contributed by atoms with Crippen molar-refractivity contribution in [3.8, 4) is 0 Å². The van der Waals surface area contributed by atoms with Crippen LogP contribution in [-0.2, 0) is 4.74 Å². The normalized spacial score (nSPS) is 36.4. The van der Waals surface area contributed by atoms with Gasteiger partial charge in [-0.25, -0.2) is 0 Å². The Bertz CT molecular complexity index is 424.